The smallest absolute Gasteiger partial charge is 0.224 e. The fourth-order valence-corrected chi connectivity index (χ4v) is 2.28. The Balaban J connectivity index is 0.00000180. The minimum absolute atomic E-state index is 0. The number of amides is 1. The van der Waals surface area contributed by atoms with Crippen molar-refractivity contribution in [2.75, 3.05) is 18.4 Å². The second-order valence-electron chi connectivity index (χ2n) is 4.93. The van der Waals surface area contributed by atoms with Gasteiger partial charge in [0.05, 0.1) is 5.69 Å². The van der Waals surface area contributed by atoms with Crippen LogP contribution in [0.4, 0.5) is 10.1 Å². The van der Waals surface area contributed by atoms with Gasteiger partial charge in [-0.25, -0.2) is 4.39 Å². The number of hydrogen-bond donors (Lipinski definition) is 2. The van der Waals surface area contributed by atoms with E-state index in [2.05, 4.69) is 10.6 Å². The first-order valence-electron chi connectivity index (χ1n) is 6.42. The highest BCUT2D eigenvalue weighted by Crippen LogP contribution is 2.19. The number of anilines is 1. The summed E-state index contributed by atoms with van der Waals surface area (Å²) in [4.78, 5) is 11.8. The molecule has 1 saturated heterocycles. The van der Waals surface area contributed by atoms with Gasteiger partial charge in [0.2, 0.25) is 5.91 Å². The van der Waals surface area contributed by atoms with Crippen LogP contribution in [0.3, 0.4) is 0 Å². The minimum Gasteiger partial charge on any atom is -0.324 e. The lowest BCUT2D eigenvalue weighted by Crippen LogP contribution is -2.30. The molecule has 1 aliphatic heterocycles. The Morgan fingerprint density at radius 3 is 2.79 bits per heavy atom. The van der Waals surface area contributed by atoms with E-state index in [-0.39, 0.29) is 29.8 Å². The Labute approximate surface area is 119 Å². The Kier molecular flexibility index (Phi) is 6.25. The van der Waals surface area contributed by atoms with Gasteiger partial charge in [-0.05, 0) is 56.5 Å². The molecule has 5 heteroatoms. The van der Waals surface area contributed by atoms with Gasteiger partial charge in [0.1, 0.15) is 5.82 Å². The summed E-state index contributed by atoms with van der Waals surface area (Å²) in [5, 5.41) is 5.93. The van der Waals surface area contributed by atoms with Crippen LogP contribution in [0.1, 0.15) is 24.8 Å². The first-order chi connectivity index (χ1) is 8.65. The predicted octanol–water partition coefficient (Wildman–Crippen LogP) is 2.88. The molecule has 0 saturated carbocycles. The van der Waals surface area contributed by atoms with Gasteiger partial charge < -0.3 is 10.6 Å². The van der Waals surface area contributed by atoms with E-state index < -0.39 is 0 Å². The summed E-state index contributed by atoms with van der Waals surface area (Å²) in [6.07, 6.45) is 2.52. The fraction of sp³-hybridized carbons (Fsp3) is 0.500. The molecule has 1 heterocycles. The Bertz CT molecular complexity index is 433. The first kappa shape index (κ1) is 15.9. The van der Waals surface area contributed by atoms with E-state index in [9.17, 15) is 9.18 Å². The molecule has 0 spiro atoms. The number of halogens is 2. The maximum absolute atomic E-state index is 13.5. The van der Waals surface area contributed by atoms with Crippen molar-refractivity contribution in [3.8, 4) is 0 Å². The van der Waals surface area contributed by atoms with Crippen LogP contribution in [-0.4, -0.2) is 19.0 Å². The molecule has 1 fully saturated rings. The van der Waals surface area contributed by atoms with Crippen LogP contribution in [0.15, 0.2) is 18.2 Å². The summed E-state index contributed by atoms with van der Waals surface area (Å²) in [5.41, 5.74) is 1.22. The molecule has 1 aromatic rings. The second-order valence-corrected chi connectivity index (χ2v) is 4.93. The van der Waals surface area contributed by atoms with Gasteiger partial charge >= 0.3 is 0 Å². The highest BCUT2D eigenvalue weighted by Gasteiger charge is 2.17. The topological polar surface area (TPSA) is 41.1 Å². The van der Waals surface area contributed by atoms with Crippen molar-refractivity contribution in [1.29, 1.82) is 0 Å². The van der Waals surface area contributed by atoms with Crippen LogP contribution in [-0.2, 0) is 4.79 Å². The molecule has 106 valence electrons. The zero-order valence-corrected chi connectivity index (χ0v) is 11.9. The van der Waals surface area contributed by atoms with Gasteiger partial charge in [-0.2, -0.15) is 0 Å². The fourth-order valence-electron chi connectivity index (χ4n) is 2.28. The Morgan fingerprint density at radius 2 is 2.11 bits per heavy atom. The average Bonchev–Trinajstić information content (AvgIpc) is 2.35. The third kappa shape index (κ3) is 4.80. The first-order valence-corrected chi connectivity index (χ1v) is 6.42. The molecular weight excluding hydrogens is 267 g/mol. The van der Waals surface area contributed by atoms with Crippen LogP contribution in [0, 0.1) is 18.7 Å². The molecule has 0 aliphatic carbocycles. The SMILES string of the molecule is Cc1ccc(F)c(NC(=O)CC2CCNCC2)c1.Cl. The maximum atomic E-state index is 13.5. The van der Waals surface area contributed by atoms with Gasteiger partial charge in [-0.15, -0.1) is 12.4 Å². The molecule has 0 unspecified atom stereocenters. The van der Waals surface area contributed by atoms with Crippen LogP contribution in [0.5, 0.6) is 0 Å². The van der Waals surface area contributed by atoms with E-state index in [4.69, 9.17) is 0 Å². The molecule has 0 bridgehead atoms. The number of benzene rings is 1. The van der Waals surface area contributed by atoms with Crippen molar-refractivity contribution >= 4 is 24.0 Å². The van der Waals surface area contributed by atoms with Gasteiger partial charge in [0.25, 0.3) is 0 Å². The number of nitrogens with one attached hydrogen (secondary N) is 2. The van der Waals surface area contributed by atoms with Crippen molar-refractivity contribution < 1.29 is 9.18 Å². The van der Waals surface area contributed by atoms with Crippen LogP contribution in [0.25, 0.3) is 0 Å². The lowest BCUT2D eigenvalue weighted by atomic mass is 9.94. The summed E-state index contributed by atoms with van der Waals surface area (Å²) in [6.45, 7) is 3.81. The molecule has 1 aromatic carbocycles. The third-order valence-electron chi connectivity index (χ3n) is 3.33. The molecule has 2 N–H and O–H groups in total. The standard InChI is InChI=1S/C14H19FN2O.ClH/c1-10-2-3-12(15)13(8-10)17-14(18)9-11-4-6-16-7-5-11;/h2-3,8,11,16H,4-7,9H2,1H3,(H,17,18);1H. The summed E-state index contributed by atoms with van der Waals surface area (Å²) in [5.74, 6) is -0.0511. The molecule has 0 atom stereocenters. The molecule has 3 nitrogen and oxygen atoms in total. The second kappa shape index (κ2) is 7.46. The number of rotatable bonds is 3. The van der Waals surface area contributed by atoms with Gasteiger partial charge in [-0.1, -0.05) is 6.07 Å². The lowest BCUT2D eigenvalue weighted by Gasteiger charge is -2.22. The number of aryl methyl sites for hydroxylation is 1. The summed E-state index contributed by atoms with van der Waals surface area (Å²) < 4.78 is 13.5. The number of piperidine rings is 1. The summed E-state index contributed by atoms with van der Waals surface area (Å²) >= 11 is 0. The maximum Gasteiger partial charge on any atom is 0.224 e. The largest absolute Gasteiger partial charge is 0.324 e. The highest BCUT2D eigenvalue weighted by molar-refractivity contribution is 5.91. The number of carbonyl (C=O) groups is 1. The van der Waals surface area contributed by atoms with E-state index in [1.807, 2.05) is 6.92 Å². The Morgan fingerprint density at radius 1 is 1.42 bits per heavy atom. The monoisotopic (exact) mass is 286 g/mol. The quantitative estimate of drug-likeness (QED) is 0.897. The van der Waals surface area contributed by atoms with Crippen molar-refractivity contribution in [2.45, 2.75) is 26.2 Å². The third-order valence-corrected chi connectivity index (χ3v) is 3.33. The van der Waals surface area contributed by atoms with Crippen molar-refractivity contribution in [1.82, 2.24) is 5.32 Å². The van der Waals surface area contributed by atoms with E-state index in [0.29, 0.717) is 12.3 Å². The van der Waals surface area contributed by atoms with Gasteiger partial charge in [0, 0.05) is 6.42 Å². The highest BCUT2D eigenvalue weighted by atomic mass is 35.5. The Hall–Kier alpha value is -1.13. The molecule has 2 rings (SSSR count). The van der Waals surface area contributed by atoms with Crippen LogP contribution in [0.2, 0.25) is 0 Å². The van der Waals surface area contributed by atoms with Crippen molar-refractivity contribution in [3.05, 3.63) is 29.6 Å². The molecule has 19 heavy (non-hydrogen) atoms. The summed E-state index contributed by atoms with van der Waals surface area (Å²) in [6, 6.07) is 4.74. The zero-order valence-electron chi connectivity index (χ0n) is 11.0. The lowest BCUT2D eigenvalue weighted by molar-refractivity contribution is -0.117. The number of carbonyl (C=O) groups excluding carboxylic acids is 1. The average molecular weight is 287 g/mol. The van der Waals surface area contributed by atoms with Gasteiger partial charge in [0.15, 0.2) is 0 Å². The van der Waals surface area contributed by atoms with E-state index in [1.165, 1.54) is 6.07 Å². The zero-order chi connectivity index (χ0) is 13.0. The van der Waals surface area contributed by atoms with E-state index >= 15 is 0 Å². The molecule has 0 aromatic heterocycles. The summed E-state index contributed by atoms with van der Waals surface area (Å²) in [7, 11) is 0. The number of hydrogen-bond acceptors (Lipinski definition) is 2. The van der Waals surface area contributed by atoms with Crippen LogP contribution < -0.4 is 10.6 Å². The van der Waals surface area contributed by atoms with Crippen molar-refractivity contribution in [2.24, 2.45) is 5.92 Å². The van der Waals surface area contributed by atoms with Gasteiger partial charge in [-0.3, -0.25) is 4.79 Å². The van der Waals surface area contributed by atoms with E-state index in [0.717, 1.165) is 31.5 Å². The minimum atomic E-state index is -0.376. The molecule has 1 amide bonds. The molecular formula is C14H20ClFN2O. The van der Waals surface area contributed by atoms with Crippen LogP contribution >= 0.6 is 12.4 Å². The normalized spacial score (nSPS) is 15.7. The van der Waals surface area contributed by atoms with E-state index in [1.54, 1.807) is 12.1 Å². The molecule has 0 radical (unpaired) electrons. The molecule has 1 aliphatic rings. The van der Waals surface area contributed by atoms with Crippen molar-refractivity contribution in [3.63, 3.8) is 0 Å². The predicted molar refractivity (Wildman–Crippen MR) is 77.2 cm³/mol.